The molecule has 0 N–H and O–H groups in total. The van der Waals surface area contributed by atoms with E-state index in [2.05, 4.69) is 48.6 Å². The van der Waals surface area contributed by atoms with E-state index in [0.717, 1.165) is 10.9 Å². The summed E-state index contributed by atoms with van der Waals surface area (Å²) in [5.41, 5.74) is 0.108. The second-order valence-corrected chi connectivity index (χ2v) is 6.07. The van der Waals surface area contributed by atoms with Gasteiger partial charge in [-0.15, -0.1) is 0 Å². The molecular formula is C13H20BrNO2. The molecule has 0 fully saturated rings. The first-order valence-corrected chi connectivity index (χ1v) is 6.63. The van der Waals surface area contributed by atoms with Gasteiger partial charge >= 0.3 is 0 Å². The van der Waals surface area contributed by atoms with E-state index in [1.54, 1.807) is 6.20 Å². The predicted octanol–water partition coefficient (Wildman–Crippen LogP) is 4.06. The van der Waals surface area contributed by atoms with Crippen LogP contribution in [0.4, 0.5) is 0 Å². The monoisotopic (exact) mass is 301 g/mol. The zero-order valence-electron chi connectivity index (χ0n) is 10.9. The van der Waals surface area contributed by atoms with Crippen molar-refractivity contribution < 1.29 is 9.47 Å². The molecule has 0 saturated heterocycles. The summed E-state index contributed by atoms with van der Waals surface area (Å²) in [7, 11) is 0. The van der Waals surface area contributed by atoms with Gasteiger partial charge in [-0.05, 0) is 27.8 Å². The Kier molecular flexibility index (Phi) is 5.25. The summed E-state index contributed by atoms with van der Waals surface area (Å²) in [6.07, 6.45) is 2.68. The molecule has 1 aromatic heterocycles. The van der Waals surface area contributed by atoms with Crippen LogP contribution >= 0.6 is 15.9 Å². The van der Waals surface area contributed by atoms with E-state index >= 15 is 0 Å². The number of pyridine rings is 1. The molecule has 0 saturated carbocycles. The largest absolute Gasteiger partial charge is 0.488 e. The molecule has 96 valence electrons. The number of hydrogen-bond acceptors (Lipinski definition) is 3. The van der Waals surface area contributed by atoms with E-state index in [9.17, 15) is 0 Å². The third kappa shape index (κ3) is 5.39. The molecule has 0 aliphatic heterocycles. The summed E-state index contributed by atoms with van der Waals surface area (Å²) in [5, 5.41) is 0. The number of hydrogen-bond donors (Lipinski definition) is 0. The van der Waals surface area contributed by atoms with Gasteiger partial charge in [-0.2, -0.15) is 0 Å². The van der Waals surface area contributed by atoms with Gasteiger partial charge in [-0.1, -0.05) is 27.7 Å². The second-order valence-electron chi connectivity index (χ2n) is 5.15. The Labute approximate surface area is 112 Å². The van der Waals surface area contributed by atoms with Gasteiger partial charge in [-0.3, -0.25) is 0 Å². The van der Waals surface area contributed by atoms with E-state index in [1.165, 1.54) is 0 Å². The molecule has 1 rings (SSSR count). The van der Waals surface area contributed by atoms with Gasteiger partial charge in [0.1, 0.15) is 0 Å². The van der Waals surface area contributed by atoms with E-state index in [-0.39, 0.29) is 5.41 Å². The van der Waals surface area contributed by atoms with Crippen LogP contribution in [-0.4, -0.2) is 18.2 Å². The van der Waals surface area contributed by atoms with Gasteiger partial charge in [0.2, 0.25) is 0 Å². The molecular weight excluding hydrogens is 282 g/mol. The molecule has 1 aromatic rings. The van der Waals surface area contributed by atoms with Gasteiger partial charge in [0.05, 0.1) is 13.2 Å². The van der Waals surface area contributed by atoms with Crippen LogP contribution in [0.5, 0.6) is 11.6 Å². The number of halogens is 1. The first kappa shape index (κ1) is 14.3. The maximum atomic E-state index is 5.70. The Hall–Kier alpha value is -0.770. The number of nitrogens with zero attached hydrogens (tertiary/aromatic N) is 1. The van der Waals surface area contributed by atoms with E-state index < -0.39 is 0 Å². The van der Waals surface area contributed by atoms with Crippen molar-refractivity contribution in [3.05, 3.63) is 16.7 Å². The zero-order valence-corrected chi connectivity index (χ0v) is 12.5. The lowest BCUT2D eigenvalue weighted by Crippen LogP contribution is -2.17. The van der Waals surface area contributed by atoms with Crippen LogP contribution in [0.25, 0.3) is 0 Å². The Balaban J connectivity index is 2.75. The first-order valence-electron chi connectivity index (χ1n) is 5.83. The molecule has 0 radical (unpaired) electrons. The van der Waals surface area contributed by atoms with Crippen LogP contribution in [0, 0.1) is 5.41 Å². The van der Waals surface area contributed by atoms with Gasteiger partial charge < -0.3 is 9.47 Å². The van der Waals surface area contributed by atoms with Crippen molar-refractivity contribution in [1.29, 1.82) is 0 Å². The summed E-state index contributed by atoms with van der Waals surface area (Å²) in [6.45, 7) is 9.73. The fraction of sp³-hybridized carbons (Fsp3) is 0.615. The van der Waals surface area contributed by atoms with E-state index in [0.29, 0.717) is 24.8 Å². The normalized spacial score (nSPS) is 11.4. The second kappa shape index (κ2) is 6.24. The molecule has 0 spiro atoms. The summed E-state index contributed by atoms with van der Waals surface area (Å²) in [4.78, 5) is 4.24. The number of rotatable bonds is 5. The molecule has 0 unspecified atom stereocenters. The van der Waals surface area contributed by atoms with E-state index in [4.69, 9.17) is 9.47 Å². The Morgan fingerprint density at radius 2 is 2.00 bits per heavy atom. The van der Waals surface area contributed by atoms with Crippen molar-refractivity contribution in [1.82, 2.24) is 4.98 Å². The summed E-state index contributed by atoms with van der Waals surface area (Å²) in [6, 6.07) is 1.89. The minimum atomic E-state index is 0.108. The Bertz CT molecular complexity index is 361. The molecule has 0 amide bonds. The highest BCUT2D eigenvalue weighted by Crippen LogP contribution is 2.29. The Morgan fingerprint density at radius 1 is 1.29 bits per heavy atom. The van der Waals surface area contributed by atoms with Crippen LogP contribution < -0.4 is 9.47 Å². The molecule has 0 aromatic carbocycles. The van der Waals surface area contributed by atoms with Crippen LogP contribution in [0.1, 0.15) is 34.1 Å². The fourth-order valence-electron chi connectivity index (χ4n) is 1.12. The fourth-order valence-corrected chi connectivity index (χ4v) is 1.43. The van der Waals surface area contributed by atoms with Gasteiger partial charge in [0, 0.05) is 16.7 Å². The SMILES string of the molecule is CCCOc1cc(Br)cnc1OCC(C)(C)C. The lowest BCUT2D eigenvalue weighted by molar-refractivity contribution is 0.180. The van der Waals surface area contributed by atoms with Crippen molar-refractivity contribution in [2.24, 2.45) is 5.41 Å². The standard InChI is InChI=1S/C13H20BrNO2/c1-5-6-16-11-7-10(14)8-15-12(11)17-9-13(2,3)4/h7-8H,5-6,9H2,1-4H3. The zero-order chi connectivity index (χ0) is 12.9. The van der Waals surface area contributed by atoms with Crippen LogP contribution in [0.15, 0.2) is 16.7 Å². The molecule has 1 heterocycles. The van der Waals surface area contributed by atoms with Gasteiger partial charge in [0.25, 0.3) is 5.88 Å². The van der Waals surface area contributed by atoms with Gasteiger partial charge in [-0.25, -0.2) is 4.98 Å². The average Bonchev–Trinajstić information content (AvgIpc) is 2.23. The topological polar surface area (TPSA) is 31.4 Å². The predicted molar refractivity (Wildman–Crippen MR) is 72.7 cm³/mol. The van der Waals surface area contributed by atoms with E-state index in [1.807, 2.05) is 6.07 Å². The third-order valence-electron chi connectivity index (χ3n) is 1.89. The highest BCUT2D eigenvalue weighted by atomic mass is 79.9. The van der Waals surface area contributed by atoms with Crippen molar-refractivity contribution in [2.45, 2.75) is 34.1 Å². The van der Waals surface area contributed by atoms with Crippen LogP contribution in [0.3, 0.4) is 0 Å². The summed E-state index contributed by atoms with van der Waals surface area (Å²) >= 11 is 3.38. The first-order chi connectivity index (χ1) is 7.92. The van der Waals surface area contributed by atoms with Crippen molar-refractivity contribution in [2.75, 3.05) is 13.2 Å². The highest BCUT2D eigenvalue weighted by Gasteiger charge is 2.14. The van der Waals surface area contributed by atoms with Crippen LogP contribution in [0.2, 0.25) is 0 Å². The number of aromatic nitrogens is 1. The Morgan fingerprint density at radius 3 is 2.59 bits per heavy atom. The smallest absolute Gasteiger partial charge is 0.257 e. The van der Waals surface area contributed by atoms with Gasteiger partial charge in [0.15, 0.2) is 5.75 Å². The minimum Gasteiger partial charge on any atom is -0.488 e. The van der Waals surface area contributed by atoms with Crippen LogP contribution in [-0.2, 0) is 0 Å². The molecule has 0 aliphatic rings. The molecule has 0 atom stereocenters. The lowest BCUT2D eigenvalue weighted by atomic mass is 9.99. The average molecular weight is 302 g/mol. The molecule has 3 nitrogen and oxygen atoms in total. The number of ether oxygens (including phenoxy) is 2. The highest BCUT2D eigenvalue weighted by molar-refractivity contribution is 9.10. The summed E-state index contributed by atoms with van der Waals surface area (Å²) in [5.74, 6) is 1.27. The molecule has 4 heteroatoms. The third-order valence-corrected chi connectivity index (χ3v) is 2.32. The van der Waals surface area contributed by atoms with Crippen molar-refractivity contribution in [3.8, 4) is 11.6 Å². The van der Waals surface area contributed by atoms with Crippen molar-refractivity contribution >= 4 is 15.9 Å². The van der Waals surface area contributed by atoms with Crippen molar-refractivity contribution in [3.63, 3.8) is 0 Å². The maximum absolute atomic E-state index is 5.70. The molecule has 0 bridgehead atoms. The summed E-state index contributed by atoms with van der Waals surface area (Å²) < 4.78 is 12.2. The minimum absolute atomic E-state index is 0.108. The molecule has 17 heavy (non-hydrogen) atoms. The quantitative estimate of drug-likeness (QED) is 0.822. The molecule has 0 aliphatic carbocycles. The lowest BCUT2D eigenvalue weighted by Gasteiger charge is -2.19. The maximum Gasteiger partial charge on any atom is 0.257 e.